The summed E-state index contributed by atoms with van der Waals surface area (Å²) in [5, 5.41) is 8.22. The van der Waals surface area contributed by atoms with Crippen molar-refractivity contribution in [2.75, 3.05) is 5.75 Å². The first-order chi connectivity index (χ1) is 22.8. The Hall–Kier alpha value is -3.53. The van der Waals surface area contributed by atoms with E-state index in [-0.39, 0.29) is 10.9 Å². The van der Waals surface area contributed by atoms with E-state index in [4.69, 9.17) is 0 Å². The maximum atomic E-state index is 11.6. The lowest BCUT2D eigenvalue weighted by molar-refractivity contribution is -0.119. The Balaban J connectivity index is 0.000000190. The highest BCUT2D eigenvalue weighted by Gasteiger charge is 2.33. The van der Waals surface area contributed by atoms with Crippen LogP contribution in [0.25, 0.3) is 32.3 Å². The van der Waals surface area contributed by atoms with Gasteiger partial charge in [0.2, 0.25) is 0 Å². The third kappa shape index (κ3) is 6.92. The van der Waals surface area contributed by atoms with Gasteiger partial charge in [-0.15, -0.1) is 0 Å². The molecule has 0 heterocycles. The monoisotopic (exact) mass is 639 g/mol. The molecule has 0 amide bonds. The summed E-state index contributed by atoms with van der Waals surface area (Å²) in [6.07, 6.45) is 11.5. The van der Waals surface area contributed by atoms with Crippen LogP contribution >= 0.6 is 11.8 Å². The van der Waals surface area contributed by atoms with Crippen molar-refractivity contribution in [1.82, 2.24) is 0 Å². The average Bonchev–Trinajstić information content (AvgIpc) is 3.12. The number of rotatable bonds is 6. The van der Waals surface area contributed by atoms with Crippen molar-refractivity contribution in [3.8, 4) is 0 Å². The van der Waals surface area contributed by atoms with E-state index < -0.39 is 0 Å². The number of fused-ring (bicyclic) bond motifs is 3. The minimum Gasteiger partial charge on any atom is -0.298 e. The Morgan fingerprint density at radius 1 is 0.500 bits per heavy atom. The topological polar surface area (TPSA) is 17.1 Å². The number of carbonyl (C=O) groups excluding carboxylic acids is 1. The summed E-state index contributed by atoms with van der Waals surface area (Å²) in [4.78, 5) is 15.8. The molecule has 46 heavy (non-hydrogen) atoms. The fourth-order valence-electron chi connectivity index (χ4n) is 7.21. The number of ketones is 1. The molecule has 8 rings (SSSR count). The molecule has 2 saturated carbocycles. The summed E-state index contributed by atoms with van der Waals surface area (Å²) >= 11 is 1.96. The quantitative estimate of drug-likeness (QED) is 0.169. The molecule has 0 N–H and O–H groups in total. The number of benzene rings is 6. The average molecular weight is 640 g/mol. The molecule has 0 bridgehead atoms. The molecule has 6 aromatic rings. The predicted molar refractivity (Wildman–Crippen MR) is 200 cm³/mol. The molecule has 2 aliphatic carbocycles. The van der Waals surface area contributed by atoms with E-state index >= 15 is 0 Å². The van der Waals surface area contributed by atoms with Gasteiger partial charge in [0.25, 0.3) is 0 Å². The van der Waals surface area contributed by atoms with Crippen molar-refractivity contribution in [1.29, 1.82) is 0 Å². The highest BCUT2D eigenvalue weighted by Crippen LogP contribution is 2.41. The number of hydrogen-bond acceptors (Lipinski definition) is 2. The molecule has 0 saturated heterocycles. The van der Waals surface area contributed by atoms with E-state index in [2.05, 4.69) is 127 Å². The van der Waals surface area contributed by atoms with Crippen LogP contribution in [-0.4, -0.2) is 16.8 Å². The molecule has 1 atom stereocenters. The molecule has 2 fully saturated rings. The molecule has 1 unspecified atom stereocenters. The molecule has 2 aliphatic rings. The van der Waals surface area contributed by atoms with Crippen molar-refractivity contribution in [3.05, 3.63) is 127 Å². The highest BCUT2D eigenvalue weighted by atomic mass is 32.2. The second kappa shape index (κ2) is 14.9. The van der Waals surface area contributed by atoms with Crippen LogP contribution < -0.4 is 0 Å². The Bertz CT molecular complexity index is 1730. The summed E-state index contributed by atoms with van der Waals surface area (Å²) in [6, 6.07) is 46.5. The maximum absolute atomic E-state index is 11.6. The zero-order valence-corrected chi connectivity index (χ0v) is 28.2. The van der Waals surface area contributed by atoms with Gasteiger partial charge in [-0.05, 0) is 89.9 Å². The maximum Gasteiger partial charge on any atom is 0.174 e. The van der Waals surface area contributed by atoms with Gasteiger partial charge in [-0.2, -0.15) is 11.8 Å². The van der Waals surface area contributed by atoms with Crippen molar-refractivity contribution in [3.63, 3.8) is 0 Å². The van der Waals surface area contributed by atoms with Crippen LogP contribution in [0.15, 0.2) is 142 Å². The normalized spacial score (nSPS) is 17.3. The first-order valence-electron chi connectivity index (χ1n) is 17.1. The number of carbonyl (C=O) groups is 1. The van der Waals surface area contributed by atoms with Gasteiger partial charge in [0.05, 0.1) is 5.25 Å². The minimum atomic E-state index is -0.238. The number of hydrogen-bond donors (Lipinski definition) is 0. The third-order valence-corrected chi connectivity index (χ3v) is 13.6. The molecule has 0 radical (unpaired) electrons. The van der Waals surface area contributed by atoms with E-state index in [9.17, 15) is 4.79 Å². The van der Waals surface area contributed by atoms with Gasteiger partial charge < -0.3 is 0 Å². The molecule has 0 aromatic heterocycles. The Morgan fingerprint density at radius 3 is 1.41 bits per heavy atom. The van der Waals surface area contributed by atoms with Gasteiger partial charge in [0.15, 0.2) is 14.7 Å². The van der Waals surface area contributed by atoms with Gasteiger partial charge in [0, 0.05) is 22.6 Å². The standard InChI is InChI=1S/C30H21S.C13H22OS/c1-4-16-25-22(10-1)13-7-19-28(25)31(29-20-8-14-23-11-2-5-17-26(23)29)30-21-9-15-24-12-3-6-18-27(24)30;14-12-8-4-5-9-13(12)15-10-11-6-2-1-3-7-11/h1-21H;11,13H,1-10H2/q+1;. The highest BCUT2D eigenvalue weighted by molar-refractivity contribution is 8.00. The Labute approximate surface area is 281 Å². The van der Waals surface area contributed by atoms with Crippen LogP contribution in [0.1, 0.15) is 57.8 Å². The first kappa shape index (κ1) is 31.1. The Kier molecular flexibility index (Phi) is 10.1. The second-order valence-corrected chi connectivity index (χ2v) is 15.9. The van der Waals surface area contributed by atoms with Gasteiger partial charge >= 0.3 is 0 Å². The van der Waals surface area contributed by atoms with Crippen LogP contribution in [-0.2, 0) is 15.7 Å². The molecular weight excluding hydrogens is 597 g/mol. The van der Waals surface area contributed by atoms with Crippen LogP contribution in [0.5, 0.6) is 0 Å². The molecule has 0 aliphatic heterocycles. The summed E-state index contributed by atoms with van der Waals surface area (Å²) in [7, 11) is -0.238. The van der Waals surface area contributed by atoms with Crippen molar-refractivity contribution < 1.29 is 4.79 Å². The minimum absolute atomic E-state index is 0.238. The second-order valence-electron chi connectivity index (χ2n) is 12.8. The van der Waals surface area contributed by atoms with Crippen molar-refractivity contribution in [2.45, 2.75) is 77.7 Å². The van der Waals surface area contributed by atoms with E-state index in [1.54, 1.807) is 0 Å². The van der Waals surface area contributed by atoms with Crippen LogP contribution in [0.2, 0.25) is 0 Å². The summed E-state index contributed by atoms with van der Waals surface area (Å²) in [5.74, 6) is 2.69. The Morgan fingerprint density at radius 2 is 0.935 bits per heavy atom. The fourth-order valence-corrected chi connectivity index (χ4v) is 11.3. The largest absolute Gasteiger partial charge is 0.298 e. The summed E-state index contributed by atoms with van der Waals surface area (Å²) in [5.41, 5.74) is 0. The molecule has 3 heteroatoms. The van der Waals surface area contributed by atoms with Gasteiger partial charge in [-0.3, -0.25) is 4.79 Å². The zero-order valence-electron chi connectivity index (χ0n) is 26.6. The van der Waals surface area contributed by atoms with Crippen LogP contribution in [0, 0.1) is 5.92 Å². The molecule has 0 spiro atoms. The van der Waals surface area contributed by atoms with Crippen molar-refractivity contribution >= 4 is 60.8 Å². The summed E-state index contributed by atoms with van der Waals surface area (Å²) < 4.78 is 0. The molecule has 1 nitrogen and oxygen atoms in total. The summed E-state index contributed by atoms with van der Waals surface area (Å²) in [6.45, 7) is 0. The van der Waals surface area contributed by atoms with E-state index in [0.717, 1.165) is 25.2 Å². The van der Waals surface area contributed by atoms with Gasteiger partial charge in [-0.25, -0.2) is 0 Å². The number of Topliss-reactive ketones (excluding diaryl/α,β-unsaturated/α-hetero) is 1. The fraction of sp³-hybridized carbons (Fsp3) is 0.279. The molecule has 232 valence electrons. The van der Waals surface area contributed by atoms with E-state index in [1.165, 1.54) is 91.3 Å². The van der Waals surface area contributed by atoms with E-state index in [0.29, 0.717) is 11.0 Å². The zero-order chi connectivity index (χ0) is 31.1. The molecule has 6 aromatic carbocycles. The van der Waals surface area contributed by atoms with Crippen molar-refractivity contribution in [2.24, 2.45) is 5.92 Å². The lowest BCUT2D eigenvalue weighted by Crippen LogP contribution is -2.23. The third-order valence-electron chi connectivity index (χ3n) is 9.67. The number of thioether (sulfide) groups is 1. The smallest absolute Gasteiger partial charge is 0.174 e. The lowest BCUT2D eigenvalue weighted by atomic mass is 9.91. The SMILES string of the molecule is O=C1CCCCC1SCC1CCCCC1.c1ccc2c([S+](c3cccc4ccccc34)c3cccc4ccccc34)cccc2c1. The van der Waals surface area contributed by atoms with Crippen LogP contribution in [0.3, 0.4) is 0 Å². The van der Waals surface area contributed by atoms with Crippen LogP contribution in [0.4, 0.5) is 0 Å². The van der Waals surface area contributed by atoms with Gasteiger partial charge in [-0.1, -0.05) is 117 Å². The first-order valence-corrected chi connectivity index (χ1v) is 19.4. The lowest BCUT2D eigenvalue weighted by Gasteiger charge is -2.25. The van der Waals surface area contributed by atoms with E-state index in [1.807, 2.05) is 11.8 Å². The van der Waals surface area contributed by atoms with Gasteiger partial charge in [0.1, 0.15) is 16.7 Å². The molecular formula is C43H43OS2+. The predicted octanol–water partition coefficient (Wildman–Crippen LogP) is 12.1.